The molecule has 1 fully saturated rings. The van der Waals surface area contributed by atoms with Crippen molar-refractivity contribution in [1.29, 1.82) is 0 Å². The molecule has 0 aromatic heterocycles. The van der Waals surface area contributed by atoms with Crippen molar-refractivity contribution in [1.82, 2.24) is 10.2 Å². The number of carbonyl (C=O) groups is 3. The number of imide groups is 1. The first kappa shape index (κ1) is 12.8. The lowest BCUT2D eigenvalue weighted by molar-refractivity contribution is -0.138. The number of amides is 3. The van der Waals surface area contributed by atoms with Crippen LogP contribution in [0.4, 0.5) is 0 Å². The second kappa shape index (κ2) is 3.91. The minimum atomic E-state index is -0.706. The summed E-state index contributed by atoms with van der Waals surface area (Å²) >= 11 is 0. The summed E-state index contributed by atoms with van der Waals surface area (Å²) in [6, 6.07) is 5.77. The first-order valence-electron chi connectivity index (χ1n) is 6.59. The second-order valence-electron chi connectivity index (χ2n) is 6.32. The molecule has 0 bridgehead atoms. The lowest BCUT2D eigenvalue weighted by Gasteiger charge is -2.47. The molecule has 1 N–H and O–H groups in total. The monoisotopic (exact) mass is 272 g/mol. The third kappa shape index (κ3) is 1.59. The molecule has 0 unspecified atom stereocenters. The number of fused-ring (bicyclic) bond motifs is 1. The van der Waals surface area contributed by atoms with E-state index in [0.717, 1.165) is 4.90 Å². The molecule has 0 radical (unpaired) electrons. The molecule has 104 valence electrons. The number of nitrogens with one attached hydrogen (secondary N) is 1. The van der Waals surface area contributed by atoms with E-state index in [1.807, 2.05) is 20.8 Å². The van der Waals surface area contributed by atoms with Gasteiger partial charge in [0.2, 0.25) is 5.91 Å². The highest BCUT2D eigenvalue weighted by atomic mass is 16.2. The van der Waals surface area contributed by atoms with E-state index in [0.29, 0.717) is 11.1 Å². The van der Waals surface area contributed by atoms with Crippen LogP contribution in [0.25, 0.3) is 0 Å². The summed E-state index contributed by atoms with van der Waals surface area (Å²) in [5.74, 6) is -1.01. The average Bonchev–Trinajstić information content (AvgIpc) is 2.61. The smallest absolute Gasteiger partial charge is 0.262 e. The van der Waals surface area contributed by atoms with Gasteiger partial charge in [0.1, 0.15) is 6.04 Å². The summed E-state index contributed by atoms with van der Waals surface area (Å²) in [6.07, 6.45) is 0. The molecule has 20 heavy (non-hydrogen) atoms. The summed E-state index contributed by atoms with van der Waals surface area (Å²) in [6.45, 7) is 5.92. The maximum absolute atomic E-state index is 12.4. The van der Waals surface area contributed by atoms with E-state index >= 15 is 0 Å². The summed E-state index contributed by atoms with van der Waals surface area (Å²) < 4.78 is 0. The maximum Gasteiger partial charge on any atom is 0.262 e. The van der Waals surface area contributed by atoms with E-state index in [2.05, 4.69) is 5.32 Å². The van der Waals surface area contributed by atoms with Gasteiger partial charge in [-0.15, -0.1) is 0 Å². The van der Waals surface area contributed by atoms with Gasteiger partial charge < -0.3 is 5.32 Å². The minimum absolute atomic E-state index is 0.211. The number of hydrogen-bond acceptors (Lipinski definition) is 3. The van der Waals surface area contributed by atoms with Crippen molar-refractivity contribution in [2.45, 2.75) is 32.9 Å². The van der Waals surface area contributed by atoms with Crippen LogP contribution in [0.15, 0.2) is 24.3 Å². The Morgan fingerprint density at radius 3 is 1.90 bits per heavy atom. The van der Waals surface area contributed by atoms with Gasteiger partial charge in [-0.05, 0) is 17.5 Å². The van der Waals surface area contributed by atoms with Crippen LogP contribution in [0.3, 0.4) is 0 Å². The van der Waals surface area contributed by atoms with Crippen molar-refractivity contribution >= 4 is 17.7 Å². The SMILES string of the molecule is CC(C)(C)[C@@H]1NC(=O)[C@H]1N1C(=O)c2ccccc2C1=O. The van der Waals surface area contributed by atoms with E-state index in [1.54, 1.807) is 24.3 Å². The topological polar surface area (TPSA) is 66.5 Å². The van der Waals surface area contributed by atoms with Crippen molar-refractivity contribution in [2.75, 3.05) is 0 Å². The Morgan fingerprint density at radius 2 is 1.50 bits per heavy atom. The third-order valence-corrected chi connectivity index (χ3v) is 3.92. The first-order chi connectivity index (χ1) is 9.32. The summed E-state index contributed by atoms with van der Waals surface area (Å²) in [7, 11) is 0. The Hall–Kier alpha value is -2.17. The predicted octanol–water partition coefficient (Wildman–Crippen LogP) is 1.20. The van der Waals surface area contributed by atoms with Crippen molar-refractivity contribution in [3.63, 3.8) is 0 Å². The molecule has 5 nitrogen and oxygen atoms in total. The molecule has 3 rings (SSSR count). The van der Waals surface area contributed by atoms with Gasteiger partial charge in [-0.1, -0.05) is 32.9 Å². The summed E-state index contributed by atoms with van der Waals surface area (Å²) in [5, 5.41) is 2.79. The van der Waals surface area contributed by atoms with Gasteiger partial charge in [0.05, 0.1) is 17.2 Å². The highest BCUT2D eigenvalue weighted by Crippen LogP contribution is 2.34. The summed E-state index contributed by atoms with van der Waals surface area (Å²) in [4.78, 5) is 37.7. The molecule has 2 aliphatic heterocycles. The van der Waals surface area contributed by atoms with Crippen LogP contribution < -0.4 is 5.32 Å². The third-order valence-electron chi connectivity index (χ3n) is 3.92. The zero-order valence-electron chi connectivity index (χ0n) is 11.6. The largest absolute Gasteiger partial charge is 0.348 e. The molecular weight excluding hydrogens is 256 g/mol. The van der Waals surface area contributed by atoms with E-state index in [1.165, 1.54) is 0 Å². The van der Waals surface area contributed by atoms with E-state index in [9.17, 15) is 14.4 Å². The Bertz CT molecular complexity index is 595. The quantitative estimate of drug-likeness (QED) is 0.617. The summed E-state index contributed by atoms with van der Waals surface area (Å²) in [5.41, 5.74) is 0.545. The molecule has 2 atom stereocenters. The van der Waals surface area contributed by atoms with Crippen LogP contribution in [0.5, 0.6) is 0 Å². The molecule has 3 amide bonds. The molecule has 1 aromatic rings. The van der Waals surface area contributed by atoms with Crippen LogP contribution in [0, 0.1) is 5.41 Å². The van der Waals surface area contributed by atoms with Gasteiger partial charge in [0.15, 0.2) is 0 Å². The van der Waals surface area contributed by atoms with Gasteiger partial charge >= 0.3 is 0 Å². The Kier molecular flexibility index (Phi) is 2.51. The van der Waals surface area contributed by atoms with Gasteiger partial charge in [-0.25, -0.2) is 0 Å². The van der Waals surface area contributed by atoms with Crippen LogP contribution in [-0.2, 0) is 4.79 Å². The number of β-lactam (4-membered cyclic amide) rings is 1. The molecule has 1 aromatic carbocycles. The highest BCUT2D eigenvalue weighted by Gasteiger charge is 2.54. The normalized spacial score (nSPS) is 25.4. The Labute approximate surface area is 116 Å². The van der Waals surface area contributed by atoms with E-state index < -0.39 is 6.04 Å². The molecule has 0 spiro atoms. The van der Waals surface area contributed by atoms with Gasteiger partial charge in [-0.3, -0.25) is 19.3 Å². The van der Waals surface area contributed by atoms with E-state index in [-0.39, 0.29) is 29.2 Å². The van der Waals surface area contributed by atoms with Gasteiger partial charge in [0, 0.05) is 0 Å². The van der Waals surface area contributed by atoms with Crippen LogP contribution in [0.1, 0.15) is 41.5 Å². The fourth-order valence-electron chi connectivity index (χ4n) is 2.79. The zero-order chi connectivity index (χ0) is 14.7. The number of carbonyl (C=O) groups excluding carboxylic acids is 3. The van der Waals surface area contributed by atoms with Gasteiger partial charge in [-0.2, -0.15) is 0 Å². The highest BCUT2D eigenvalue weighted by molar-refractivity contribution is 6.23. The number of benzene rings is 1. The fourth-order valence-corrected chi connectivity index (χ4v) is 2.79. The minimum Gasteiger partial charge on any atom is -0.348 e. The Balaban J connectivity index is 1.99. The maximum atomic E-state index is 12.4. The van der Waals surface area contributed by atoms with Crippen molar-refractivity contribution in [3.05, 3.63) is 35.4 Å². The van der Waals surface area contributed by atoms with Crippen LogP contribution in [0.2, 0.25) is 0 Å². The van der Waals surface area contributed by atoms with Crippen molar-refractivity contribution in [3.8, 4) is 0 Å². The van der Waals surface area contributed by atoms with Crippen LogP contribution >= 0.6 is 0 Å². The molecule has 0 aliphatic carbocycles. The zero-order valence-corrected chi connectivity index (χ0v) is 11.6. The lowest BCUT2D eigenvalue weighted by atomic mass is 9.76. The van der Waals surface area contributed by atoms with E-state index in [4.69, 9.17) is 0 Å². The number of nitrogens with zero attached hydrogens (tertiary/aromatic N) is 1. The van der Waals surface area contributed by atoms with Crippen molar-refractivity contribution in [2.24, 2.45) is 5.41 Å². The predicted molar refractivity (Wildman–Crippen MR) is 72.1 cm³/mol. The number of hydrogen-bond donors (Lipinski definition) is 1. The molecule has 0 saturated carbocycles. The Morgan fingerprint density at radius 1 is 1.00 bits per heavy atom. The first-order valence-corrected chi connectivity index (χ1v) is 6.59. The van der Waals surface area contributed by atoms with Crippen molar-refractivity contribution < 1.29 is 14.4 Å². The molecule has 5 heteroatoms. The molecule has 1 saturated heterocycles. The lowest BCUT2D eigenvalue weighted by Crippen LogP contribution is -2.73. The molecule has 2 heterocycles. The number of rotatable bonds is 1. The fraction of sp³-hybridized carbons (Fsp3) is 0.400. The van der Waals surface area contributed by atoms with Gasteiger partial charge in [0.25, 0.3) is 11.8 Å². The molecule has 2 aliphatic rings. The molecular formula is C15H16N2O3. The average molecular weight is 272 g/mol. The standard InChI is InChI=1S/C15H16N2O3/c1-15(2,3)11-10(12(18)16-11)17-13(19)8-6-4-5-7-9(8)14(17)20/h4-7,10-11H,1-3H3,(H,16,18)/t10-,11+/m0/s1. The second-order valence-corrected chi connectivity index (χ2v) is 6.32. The van der Waals surface area contributed by atoms with Crippen LogP contribution in [-0.4, -0.2) is 34.7 Å².